The van der Waals surface area contributed by atoms with E-state index in [2.05, 4.69) is 10.6 Å². The number of thiocarbonyl (C=S) groups is 1. The molecule has 0 aliphatic carbocycles. The van der Waals surface area contributed by atoms with Crippen LogP contribution in [0.3, 0.4) is 0 Å². The molecule has 0 bridgehead atoms. The Hall–Kier alpha value is -2.47. The van der Waals surface area contributed by atoms with Crippen molar-refractivity contribution in [2.75, 3.05) is 7.11 Å². The summed E-state index contributed by atoms with van der Waals surface area (Å²) >= 11 is 5.06. The SMILES string of the molecule is COc1ccc(CNC(=S)NC(=O)c2ccc(F)cc2)cc1. The zero-order valence-electron chi connectivity index (χ0n) is 11.9. The smallest absolute Gasteiger partial charge is 0.257 e. The van der Waals surface area contributed by atoms with E-state index in [9.17, 15) is 9.18 Å². The molecule has 114 valence electrons. The Kier molecular flexibility index (Phi) is 5.43. The minimum absolute atomic E-state index is 0.213. The molecule has 0 unspecified atom stereocenters. The van der Waals surface area contributed by atoms with Crippen LogP contribution in [-0.2, 0) is 6.54 Å². The van der Waals surface area contributed by atoms with Gasteiger partial charge in [-0.1, -0.05) is 12.1 Å². The Morgan fingerprint density at radius 1 is 1.14 bits per heavy atom. The van der Waals surface area contributed by atoms with Crippen LogP contribution in [-0.4, -0.2) is 18.1 Å². The third kappa shape index (κ3) is 4.53. The van der Waals surface area contributed by atoms with Crippen LogP contribution in [0, 0.1) is 5.82 Å². The number of carbonyl (C=O) groups excluding carboxylic acids is 1. The largest absolute Gasteiger partial charge is 0.497 e. The van der Waals surface area contributed by atoms with Gasteiger partial charge in [0.05, 0.1) is 7.11 Å². The molecular formula is C16H15FN2O2S. The van der Waals surface area contributed by atoms with Crippen molar-refractivity contribution < 1.29 is 13.9 Å². The minimum Gasteiger partial charge on any atom is -0.497 e. The number of halogens is 1. The predicted molar refractivity (Wildman–Crippen MR) is 86.3 cm³/mol. The fraction of sp³-hybridized carbons (Fsp3) is 0.125. The van der Waals surface area contributed by atoms with Crippen LogP contribution in [0.5, 0.6) is 5.75 Å². The summed E-state index contributed by atoms with van der Waals surface area (Å²) in [4.78, 5) is 11.9. The number of methoxy groups -OCH3 is 1. The van der Waals surface area contributed by atoms with Gasteiger partial charge in [0.2, 0.25) is 0 Å². The Morgan fingerprint density at radius 3 is 2.36 bits per heavy atom. The Labute approximate surface area is 133 Å². The topological polar surface area (TPSA) is 50.4 Å². The number of carbonyl (C=O) groups is 1. The van der Waals surface area contributed by atoms with E-state index < -0.39 is 5.82 Å². The van der Waals surface area contributed by atoms with Gasteiger partial charge in [-0.25, -0.2) is 4.39 Å². The molecule has 22 heavy (non-hydrogen) atoms. The van der Waals surface area contributed by atoms with Crippen LogP contribution in [0.2, 0.25) is 0 Å². The van der Waals surface area contributed by atoms with Crippen molar-refractivity contribution in [1.29, 1.82) is 0 Å². The van der Waals surface area contributed by atoms with Crippen molar-refractivity contribution in [2.24, 2.45) is 0 Å². The Bertz CT molecular complexity index is 657. The van der Waals surface area contributed by atoms with E-state index in [1.807, 2.05) is 24.3 Å². The molecule has 0 spiro atoms. The van der Waals surface area contributed by atoms with Crippen LogP contribution in [0.4, 0.5) is 4.39 Å². The van der Waals surface area contributed by atoms with Crippen LogP contribution in [0.15, 0.2) is 48.5 Å². The first-order chi connectivity index (χ1) is 10.6. The zero-order valence-corrected chi connectivity index (χ0v) is 12.7. The number of rotatable bonds is 4. The first-order valence-electron chi connectivity index (χ1n) is 6.56. The second kappa shape index (κ2) is 7.51. The molecule has 4 nitrogen and oxygen atoms in total. The second-order valence-electron chi connectivity index (χ2n) is 4.49. The van der Waals surface area contributed by atoms with Crippen LogP contribution in [0.1, 0.15) is 15.9 Å². The van der Waals surface area contributed by atoms with Gasteiger partial charge >= 0.3 is 0 Å². The first kappa shape index (κ1) is 15.9. The van der Waals surface area contributed by atoms with Crippen molar-refractivity contribution in [2.45, 2.75) is 6.54 Å². The molecule has 0 fully saturated rings. The van der Waals surface area contributed by atoms with Crippen molar-refractivity contribution in [3.8, 4) is 5.75 Å². The zero-order chi connectivity index (χ0) is 15.9. The number of hydrogen-bond acceptors (Lipinski definition) is 3. The van der Waals surface area contributed by atoms with E-state index in [1.165, 1.54) is 24.3 Å². The maximum atomic E-state index is 12.8. The van der Waals surface area contributed by atoms with E-state index in [0.717, 1.165) is 11.3 Å². The average Bonchev–Trinajstić information content (AvgIpc) is 2.54. The average molecular weight is 318 g/mol. The lowest BCUT2D eigenvalue weighted by atomic mass is 10.2. The van der Waals surface area contributed by atoms with Gasteiger partial charge in [-0.15, -0.1) is 0 Å². The Balaban J connectivity index is 1.84. The second-order valence-corrected chi connectivity index (χ2v) is 4.90. The molecule has 0 saturated heterocycles. The highest BCUT2D eigenvalue weighted by Crippen LogP contribution is 2.10. The highest BCUT2D eigenvalue weighted by molar-refractivity contribution is 7.80. The molecule has 0 aromatic heterocycles. The molecular weight excluding hydrogens is 303 g/mol. The molecule has 0 atom stereocenters. The third-order valence-electron chi connectivity index (χ3n) is 2.95. The van der Waals surface area contributed by atoms with Gasteiger partial charge in [0, 0.05) is 12.1 Å². The quantitative estimate of drug-likeness (QED) is 0.851. The molecule has 0 saturated carbocycles. The molecule has 2 rings (SSSR count). The highest BCUT2D eigenvalue weighted by atomic mass is 32.1. The summed E-state index contributed by atoms with van der Waals surface area (Å²) in [5, 5.41) is 5.69. The third-order valence-corrected chi connectivity index (χ3v) is 3.19. The van der Waals surface area contributed by atoms with Crippen molar-refractivity contribution in [1.82, 2.24) is 10.6 Å². The summed E-state index contributed by atoms with van der Waals surface area (Å²) in [6, 6.07) is 12.7. The van der Waals surface area contributed by atoms with E-state index in [1.54, 1.807) is 7.11 Å². The van der Waals surface area contributed by atoms with Gasteiger partial charge in [-0.2, -0.15) is 0 Å². The normalized spacial score (nSPS) is 9.91. The maximum Gasteiger partial charge on any atom is 0.257 e. The molecule has 2 aromatic carbocycles. The lowest BCUT2D eigenvalue weighted by Gasteiger charge is -2.10. The molecule has 0 aliphatic rings. The van der Waals surface area contributed by atoms with Gasteiger partial charge in [-0.05, 0) is 54.2 Å². The summed E-state index contributed by atoms with van der Waals surface area (Å²) in [6.07, 6.45) is 0. The molecule has 6 heteroatoms. The van der Waals surface area contributed by atoms with Crippen LogP contribution >= 0.6 is 12.2 Å². The van der Waals surface area contributed by atoms with Gasteiger partial charge in [0.15, 0.2) is 5.11 Å². The van der Waals surface area contributed by atoms with Gasteiger partial charge in [-0.3, -0.25) is 10.1 Å². The van der Waals surface area contributed by atoms with Gasteiger partial charge < -0.3 is 10.1 Å². The van der Waals surface area contributed by atoms with E-state index in [0.29, 0.717) is 12.1 Å². The molecule has 0 aliphatic heterocycles. The highest BCUT2D eigenvalue weighted by Gasteiger charge is 2.07. The summed E-state index contributed by atoms with van der Waals surface area (Å²) in [6.45, 7) is 0.479. The summed E-state index contributed by atoms with van der Waals surface area (Å²) in [5.41, 5.74) is 1.34. The first-order valence-corrected chi connectivity index (χ1v) is 6.97. The minimum atomic E-state index is -0.392. The van der Waals surface area contributed by atoms with E-state index in [4.69, 9.17) is 17.0 Å². The van der Waals surface area contributed by atoms with Crippen molar-refractivity contribution in [3.63, 3.8) is 0 Å². The summed E-state index contributed by atoms with van der Waals surface area (Å²) in [7, 11) is 1.60. The van der Waals surface area contributed by atoms with Crippen molar-refractivity contribution >= 4 is 23.2 Å². The van der Waals surface area contributed by atoms with Crippen LogP contribution in [0.25, 0.3) is 0 Å². The fourth-order valence-electron chi connectivity index (χ4n) is 1.75. The van der Waals surface area contributed by atoms with Gasteiger partial charge in [0.25, 0.3) is 5.91 Å². The monoisotopic (exact) mass is 318 g/mol. The predicted octanol–water partition coefficient (Wildman–Crippen LogP) is 2.64. The standard InChI is InChI=1S/C16H15FN2O2S/c1-21-14-8-2-11(3-9-14)10-18-16(22)19-15(20)12-4-6-13(17)7-5-12/h2-9H,10H2,1H3,(H2,18,19,20,22). The fourth-order valence-corrected chi connectivity index (χ4v) is 1.91. The molecule has 0 heterocycles. The van der Waals surface area contributed by atoms with Crippen molar-refractivity contribution in [3.05, 3.63) is 65.5 Å². The number of hydrogen-bond donors (Lipinski definition) is 2. The molecule has 2 aromatic rings. The number of amides is 1. The van der Waals surface area contributed by atoms with E-state index in [-0.39, 0.29) is 11.0 Å². The molecule has 0 radical (unpaired) electrons. The summed E-state index contributed by atoms with van der Waals surface area (Å²) in [5.74, 6) is -0.0000673. The van der Waals surface area contributed by atoms with Crippen LogP contribution < -0.4 is 15.4 Å². The molecule has 1 amide bonds. The summed E-state index contributed by atoms with van der Waals surface area (Å²) < 4.78 is 17.9. The molecule has 2 N–H and O–H groups in total. The van der Waals surface area contributed by atoms with Gasteiger partial charge in [0.1, 0.15) is 11.6 Å². The number of ether oxygens (including phenoxy) is 1. The lowest BCUT2D eigenvalue weighted by Crippen LogP contribution is -2.38. The maximum absolute atomic E-state index is 12.8. The number of benzene rings is 2. The lowest BCUT2D eigenvalue weighted by molar-refractivity contribution is 0.0976. The Morgan fingerprint density at radius 2 is 1.77 bits per heavy atom. The number of nitrogens with one attached hydrogen (secondary N) is 2. The van der Waals surface area contributed by atoms with E-state index >= 15 is 0 Å².